The average molecular weight is 341 g/mol. The lowest BCUT2D eigenvalue weighted by molar-refractivity contribution is 0.102. The third-order valence-electron chi connectivity index (χ3n) is 3.29. The number of nitrogens with one attached hydrogen (secondary N) is 1. The van der Waals surface area contributed by atoms with Gasteiger partial charge in [-0.3, -0.25) is 4.79 Å². The van der Waals surface area contributed by atoms with Gasteiger partial charge >= 0.3 is 0 Å². The summed E-state index contributed by atoms with van der Waals surface area (Å²) in [5, 5.41) is 10.4. The molecule has 0 spiro atoms. The molecule has 0 aliphatic heterocycles. The fourth-order valence-corrected chi connectivity index (χ4v) is 2.12. The van der Waals surface area contributed by atoms with Crippen LogP contribution in [0.2, 0.25) is 0 Å². The third-order valence-corrected chi connectivity index (χ3v) is 3.29. The minimum atomic E-state index is -0.436. The standard InChI is InChI=1S/C16H16FN7O/c1-23(2)16-18-7-6-14(20-16)19-15(25)13-10-24(22-21-13)9-11-4-3-5-12(17)8-11/h3-8,10H,9H2,1-2H3,(H,18,19,20,25). The molecule has 8 nitrogen and oxygen atoms in total. The van der Waals surface area contributed by atoms with Crippen LogP contribution < -0.4 is 10.2 Å². The Balaban J connectivity index is 1.69. The zero-order valence-corrected chi connectivity index (χ0v) is 13.7. The van der Waals surface area contributed by atoms with Crippen molar-refractivity contribution in [3.63, 3.8) is 0 Å². The molecular weight excluding hydrogens is 325 g/mol. The van der Waals surface area contributed by atoms with Crippen LogP contribution in [-0.2, 0) is 6.54 Å². The maximum atomic E-state index is 13.2. The second-order valence-electron chi connectivity index (χ2n) is 5.52. The summed E-state index contributed by atoms with van der Waals surface area (Å²) >= 11 is 0. The Morgan fingerprint density at radius 2 is 2.16 bits per heavy atom. The molecule has 25 heavy (non-hydrogen) atoms. The molecule has 1 amide bonds. The number of anilines is 2. The zero-order valence-electron chi connectivity index (χ0n) is 13.7. The summed E-state index contributed by atoms with van der Waals surface area (Å²) in [5.74, 6) is 0.0841. The van der Waals surface area contributed by atoms with Gasteiger partial charge in [0.1, 0.15) is 11.6 Å². The second kappa shape index (κ2) is 7.04. The Bertz CT molecular complexity index is 893. The first-order valence-corrected chi connectivity index (χ1v) is 7.47. The molecule has 9 heteroatoms. The van der Waals surface area contributed by atoms with Crippen LogP contribution >= 0.6 is 0 Å². The predicted molar refractivity (Wildman–Crippen MR) is 89.8 cm³/mol. The lowest BCUT2D eigenvalue weighted by atomic mass is 10.2. The van der Waals surface area contributed by atoms with Crippen LogP contribution in [-0.4, -0.2) is 45.0 Å². The lowest BCUT2D eigenvalue weighted by Gasteiger charge is -2.10. The van der Waals surface area contributed by atoms with Gasteiger partial charge in [-0.1, -0.05) is 17.3 Å². The first-order valence-electron chi connectivity index (χ1n) is 7.47. The Hall–Kier alpha value is -3.36. The third kappa shape index (κ3) is 4.14. The van der Waals surface area contributed by atoms with E-state index in [-0.39, 0.29) is 11.5 Å². The lowest BCUT2D eigenvalue weighted by Crippen LogP contribution is -2.17. The Morgan fingerprint density at radius 1 is 1.32 bits per heavy atom. The van der Waals surface area contributed by atoms with Gasteiger partial charge in [0.15, 0.2) is 5.69 Å². The Kier molecular flexibility index (Phi) is 4.64. The van der Waals surface area contributed by atoms with E-state index >= 15 is 0 Å². The van der Waals surface area contributed by atoms with E-state index in [0.717, 1.165) is 5.56 Å². The second-order valence-corrected chi connectivity index (χ2v) is 5.52. The van der Waals surface area contributed by atoms with Crippen molar-refractivity contribution in [1.29, 1.82) is 0 Å². The van der Waals surface area contributed by atoms with Gasteiger partial charge in [-0.05, 0) is 23.8 Å². The Labute approximate surface area is 143 Å². The van der Waals surface area contributed by atoms with Gasteiger partial charge in [0, 0.05) is 20.3 Å². The van der Waals surface area contributed by atoms with E-state index in [9.17, 15) is 9.18 Å². The van der Waals surface area contributed by atoms with E-state index in [1.54, 1.807) is 43.4 Å². The molecule has 3 aromatic rings. The minimum absolute atomic E-state index is 0.140. The molecule has 128 valence electrons. The van der Waals surface area contributed by atoms with E-state index in [1.807, 2.05) is 0 Å². The molecule has 0 fully saturated rings. The van der Waals surface area contributed by atoms with Crippen molar-refractivity contribution in [2.75, 3.05) is 24.3 Å². The number of carbonyl (C=O) groups is 1. The van der Waals surface area contributed by atoms with E-state index in [4.69, 9.17) is 0 Å². The van der Waals surface area contributed by atoms with Gasteiger partial charge in [0.05, 0.1) is 12.7 Å². The molecule has 1 aromatic carbocycles. The summed E-state index contributed by atoms with van der Waals surface area (Å²) in [5.41, 5.74) is 0.865. The molecule has 3 rings (SSSR count). The summed E-state index contributed by atoms with van der Waals surface area (Å²) in [7, 11) is 3.61. The first-order chi connectivity index (χ1) is 12.0. The van der Waals surface area contributed by atoms with Crippen molar-refractivity contribution >= 4 is 17.7 Å². The molecule has 0 bridgehead atoms. The number of hydrogen-bond acceptors (Lipinski definition) is 6. The number of benzene rings is 1. The largest absolute Gasteiger partial charge is 0.347 e. The van der Waals surface area contributed by atoms with Gasteiger partial charge in [-0.15, -0.1) is 5.10 Å². The van der Waals surface area contributed by atoms with Crippen molar-refractivity contribution in [3.05, 3.63) is 59.8 Å². The fraction of sp³-hybridized carbons (Fsp3) is 0.188. The smallest absolute Gasteiger partial charge is 0.278 e. The van der Waals surface area contributed by atoms with Gasteiger partial charge < -0.3 is 10.2 Å². The number of rotatable bonds is 5. The summed E-state index contributed by atoms with van der Waals surface area (Å²) in [6.07, 6.45) is 3.05. The van der Waals surface area contributed by atoms with Crippen LogP contribution in [0.4, 0.5) is 16.2 Å². The fourth-order valence-electron chi connectivity index (χ4n) is 2.12. The quantitative estimate of drug-likeness (QED) is 0.758. The zero-order chi connectivity index (χ0) is 17.8. The number of amides is 1. The first kappa shape index (κ1) is 16.5. The van der Waals surface area contributed by atoms with Crippen LogP contribution in [0.25, 0.3) is 0 Å². The molecule has 0 saturated heterocycles. The molecule has 2 aromatic heterocycles. The predicted octanol–water partition coefficient (Wildman–Crippen LogP) is 1.57. The number of hydrogen-bond donors (Lipinski definition) is 1. The highest BCUT2D eigenvalue weighted by Gasteiger charge is 2.13. The van der Waals surface area contributed by atoms with E-state index in [2.05, 4.69) is 25.6 Å². The number of halogens is 1. The summed E-state index contributed by atoms with van der Waals surface area (Å²) in [6, 6.07) is 7.75. The molecular formula is C16H16FN7O. The van der Waals surface area contributed by atoms with E-state index < -0.39 is 5.91 Å². The van der Waals surface area contributed by atoms with E-state index in [0.29, 0.717) is 18.3 Å². The average Bonchev–Trinajstić information content (AvgIpc) is 3.04. The maximum absolute atomic E-state index is 13.2. The minimum Gasteiger partial charge on any atom is -0.347 e. The van der Waals surface area contributed by atoms with Crippen LogP contribution in [0.1, 0.15) is 16.1 Å². The topological polar surface area (TPSA) is 88.8 Å². The van der Waals surface area contributed by atoms with Gasteiger partial charge in [-0.25, -0.2) is 14.1 Å². The normalized spacial score (nSPS) is 10.5. The van der Waals surface area contributed by atoms with Gasteiger partial charge in [0.25, 0.3) is 5.91 Å². The summed E-state index contributed by atoms with van der Waals surface area (Å²) in [4.78, 5) is 22.3. The van der Waals surface area contributed by atoms with Crippen molar-refractivity contribution in [1.82, 2.24) is 25.0 Å². The Morgan fingerprint density at radius 3 is 2.92 bits per heavy atom. The molecule has 0 radical (unpaired) electrons. The van der Waals surface area contributed by atoms with Gasteiger partial charge in [0.2, 0.25) is 5.95 Å². The maximum Gasteiger partial charge on any atom is 0.278 e. The highest BCUT2D eigenvalue weighted by Crippen LogP contribution is 2.10. The number of nitrogens with zero attached hydrogens (tertiary/aromatic N) is 6. The summed E-state index contributed by atoms with van der Waals surface area (Å²) in [6.45, 7) is 0.316. The molecule has 0 atom stereocenters. The highest BCUT2D eigenvalue weighted by molar-refractivity contribution is 6.02. The van der Waals surface area contributed by atoms with Crippen molar-refractivity contribution in [2.45, 2.75) is 6.54 Å². The van der Waals surface area contributed by atoms with Crippen LogP contribution in [0.5, 0.6) is 0 Å². The summed E-state index contributed by atoms with van der Waals surface area (Å²) < 4.78 is 14.7. The van der Waals surface area contributed by atoms with Crippen molar-refractivity contribution in [3.8, 4) is 0 Å². The van der Waals surface area contributed by atoms with E-state index in [1.165, 1.54) is 23.0 Å². The highest BCUT2D eigenvalue weighted by atomic mass is 19.1. The molecule has 2 heterocycles. The van der Waals surface area contributed by atoms with Crippen LogP contribution in [0, 0.1) is 5.82 Å². The monoisotopic (exact) mass is 341 g/mol. The molecule has 0 unspecified atom stereocenters. The number of carbonyl (C=O) groups excluding carboxylic acids is 1. The van der Waals surface area contributed by atoms with Crippen LogP contribution in [0.15, 0.2) is 42.7 Å². The SMILES string of the molecule is CN(C)c1nccc(NC(=O)c2cn(Cc3cccc(F)c3)nn2)n1. The van der Waals surface area contributed by atoms with Crippen LogP contribution in [0.3, 0.4) is 0 Å². The van der Waals surface area contributed by atoms with Gasteiger partial charge in [-0.2, -0.15) is 4.98 Å². The van der Waals surface area contributed by atoms with Crippen molar-refractivity contribution < 1.29 is 9.18 Å². The molecule has 0 saturated carbocycles. The molecule has 0 aliphatic rings. The number of aromatic nitrogens is 5. The molecule has 0 aliphatic carbocycles. The molecule has 1 N–H and O–H groups in total. The van der Waals surface area contributed by atoms with Crippen molar-refractivity contribution in [2.24, 2.45) is 0 Å².